The molecule has 30 heavy (non-hydrogen) atoms. The Balaban J connectivity index is 1.78. The van der Waals surface area contributed by atoms with Crippen LogP contribution in [0.1, 0.15) is 49.9 Å². The van der Waals surface area contributed by atoms with Crippen molar-refractivity contribution in [3.05, 3.63) is 52.5 Å². The summed E-state index contributed by atoms with van der Waals surface area (Å²) in [6.07, 6.45) is 2.60. The number of hydrogen-bond acceptors (Lipinski definition) is 6. The summed E-state index contributed by atoms with van der Waals surface area (Å²) in [6.45, 7) is 4.24. The van der Waals surface area contributed by atoms with Gasteiger partial charge >= 0.3 is 11.9 Å². The predicted molar refractivity (Wildman–Crippen MR) is 119 cm³/mol. The van der Waals surface area contributed by atoms with Crippen molar-refractivity contribution in [2.75, 3.05) is 6.54 Å². The summed E-state index contributed by atoms with van der Waals surface area (Å²) in [4.78, 5) is 30.2. The largest absolute Gasteiger partial charge is 0.393 e. The Kier molecular flexibility index (Phi) is 7.76. The van der Waals surface area contributed by atoms with Gasteiger partial charge in [-0.25, -0.2) is 4.98 Å². The lowest BCUT2D eigenvalue weighted by Gasteiger charge is -2.21. The molecule has 0 aliphatic rings. The van der Waals surface area contributed by atoms with E-state index in [-0.39, 0.29) is 12.5 Å². The number of fused-ring (bicyclic) bond motifs is 1. The molecule has 0 spiro atoms. The number of ether oxygens (including phenoxy) is 1. The summed E-state index contributed by atoms with van der Waals surface area (Å²) in [5, 5.41) is 5.52. The fourth-order valence-electron chi connectivity index (χ4n) is 3.55. The number of nitrogens with one attached hydrogen (secondary N) is 1. The molecule has 160 valence electrons. The molecule has 0 radical (unpaired) electrons. The first-order chi connectivity index (χ1) is 14.5. The van der Waals surface area contributed by atoms with E-state index in [1.807, 2.05) is 42.8 Å². The third-order valence-corrected chi connectivity index (χ3v) is 6.08. The van der Waals surface area contributed by atoms with Gasteiger partial charge in [0, 0.05) is 24.9 Å². The first kappa shape index (κ1) is 22.2. The summed E-state index contributed by atoms with van der Waals surface area (Å²) < 4.78 is 7.15. The van der Waals surface area contributed by atoms with E-state index < -0.39 is 17.9 Å². The normalized spacial score (nSPS) is 13.3. The second kappa shape index (κ2) is 10.5. The Morgan fingerprint density at radius 1 is 1.20 bits per heavy atom. The molecule has 6 nitrogen and oxygen atoms in total. The second-order valence-corrected chi connectivity index (χ2v) is 8.43. The number of imidazole rings is 1. The molecule has 0 saturated heterocycles. The van der Waals surface area contributed by atoms with Gasteiger partial charge in [-0.2, -0.15) is 0 Å². The van der Waals surface area contributed by atoms with Crippen LogP contribution in [0.4, 0.5) is 0 Å². The smallest absolute Gasteiger partial charge is 0.318 e. The van der Waals surface area contributed by atoms with E-state index in [1.165, 1.54) is 0 Å². The van der Waals surface area contributed by atoms with Gasteiger partial charge in [-0.3, -0.25) is 9.59 Å². The van der Waals surface area contributed by atoms with E-state index in [1.54, 1.807) is 18.3 Å². The molecule has 0 aliphatic carbocycles. The van der Waals surface area contributed by atoms with Crippen molar-refractivity contribution in [1.29, 1.82) is 0 Å². The first-order valence-electron chi connectivity index (χ1n) is 10.4. The highest BCUT2D eigenvalue weighted by Gasteiger charge is 2.26. The lowest BCUT2D eigenvalue weighted by atomic mass is 10.0. The van der Waals surface area contributed by atoms with Crippen LogP contribution in [0, 0.1) is 5.92 Å². The van der Waals surface area contributed by atoms with Crippen molar-refractivity contribution >= 4 is 34.3 Å². The molecule has 0 bridgehead atoms. The minimum Gasteiger partial charge on any atom is -0.393 e. The van der Waals surface area contributed by atoms with Crippen molar-refractivity contribution in [3.8, 4) is 0 Å². The van der Waals surface area contributed by atoms with Crippen LogP contribution in [0.25, 0.3) is 11.0 Å². The molecule has 2 aromatic heterocycles. The maximum absolute atomic E-state index is 12.7. The van der Waals surface area contributed by atoms with Crippen LogP contribution >= 0.6 is 11.3 Å². The summed E-state index contributed by atoms with van der Waals surface area (Å²) in [7, 11) is 2.02. The number of para-hydroxylation sites is 2. The van der Waals surface area contributed by atoms with Crippen LogP contribution in [0.3, 0.4) is 0 Å². The molecule has 3 rings (SSSR count). The highest BCUT2D eigenvalue weighted by atomic mass is 32.1. The van der Waals surface area contributed by atoms with Gasteiger partial charge in [0.05, 0.1) is 23.0 Å². The van der Waals surface area contributed by atoms with E-state index in [0.29, 0.717) is 13.0 Å². The number of thiophene rings is 1. The number of nitrogens with zero attached hydrogens (tertiary/aromatic N) is 2. The van der Waals surface area contributed by atoms with Crippen molar-refractivity contribution in [2.24, 2.45) is 13.0 Å². The number of esters is 2. The van der Waals surface area contributed by atoms with Crippen molar-refractivity contribution < 1.29 is 14.3 Å². The predicted octanol–water partition coefficient (Wildman–Crippen LogP) is 4.40. The molecule has 2 atom stereocenters. The average Bonchev–Trinajstić information content (AvgIpc) is 3.38. The quantitative estimate of drug-likeness (QED) is 0.383. The molecular weight excluding hydrogens is 398 g/mol. The Hall–Kier alpha value is -2.51. The lowest BCUT2D eigenvalue weighted by molar-refractivity contribution is -0.162. The summed E-state index contributed by atoms with van der Waals surface area (Å²) >= 11 is 1.60. The first-order valence-corrected chi connectivity index (χ1v) is 11.3. The third-order valence-electron chi connectivity index (χ3n) is 5.19. The van der Waals surface area contributed by atoms with Crippen molar-refractivity contribution in [1.82, 2.24) is 14.9 Å². The van der Waals surface area contributed by atoms with E-state index >= 15 is 0 Å². The fraction of sp³-hybridized carbons (Fsp3) is 0.435. The van der Waals surface area contributed by atoms with E-state index in [4.69, 9.17) is 9.72 Å². The zero-order chi connectivity index (χ0) is 21.5. The zero-order valence-corrected chi connectivity index (χ0v) is 18.6. The number of rotatable bonds is 10. The van der Waals surface area contributed by atoms with E-state index in [9.17, 15) is 9.59 Å². The van der Waals surface area contributed by atoms with Gasteiger partial charge in [0.25, 0.3) is 0 Å². The second-order valence-electron chi connectivity index (χ2n) is 7.39. The molecule has 2 heterocycles. The molecule has 0 fully saturated rings. The minimum absolute atomic E-state index is 0.00733. The monoisotopic (exact) mass is 427 g/mol. The number of aromatic nitrogens is 2. The molecule has 7 heteroatoms. The third kappa shape index (κ3) is 5.34. The summed E-state index contributed by atoms with van der Waals surface area (Å²) in [5.41, 5.74) is 2.04. The number of aryl methyl sites for hydroxylation is 1. The Bertz CT molecular complexity index is 981. The summed E-state index contributed by atoms with van der Waals surface area (Å²) in [5.74, 6) is -0.446. The van der Waals surface area contributed by atoms with Crippen LogP contribution in [0.5, 0.6) is 0 Å². The van der Waals surface area contributed by atoms with Crippen LogP contribution in [0.15, 0.2) is 41.8 Å². The van der Waals surface area contributed by atoms with Crippen LogP contribution < -0.4 is 5.32 Å². The molecule has 0 amide bonds. The Morgan fingerprint density at radius 3 is 2.67 bits per heavy atom. The standard InChI is InChI=1S/C23H29N3O3S/c1-4-9-19(22-25-18-11-6-7-12-20(18)26(22)3)24-15-16(14-17-10-8-13-30-17)23(28)29-21(27)5-2/h6-8,10-13,16,19,24H,4-5,9,14-15H2,1-3H3. The maximum Gasteiger partial charge on any atom is 0.318 e. The minimum atomic E-state index is -0.489. The SMILES string of the molecule is CCCC(NCC(Cc1cccs1)C(=O)OC(=O)CC)c1nc2ccccc2n1C. The van der Waals surface area contributed by atoms with Gasteiger partial charge in [-0.15, -0.1) is 11.3 Å². The topological polar surface area (TPSA) is 73.2 Å². The van der Waals surface area contributed by atoms with Gasteiger partial charge in [0.1, 0.15) is 5.82 Å². The van der Waals surface area contributed by atoms with Crippen LogP contribution in [-0.2, 0) is 27.8 Å². The van der Waals surface area contributed by atoms with Gasteiger partial charge < -0.3 is 14.6 Å². The molecular formula is C23H29N3O3S. The number of carbonyl (C=O) groups is 2. The van der Waals surface area contributed by atoms with Gasteiger partial charge in [0.15, 0.2) is 0 Å². The Morgan fingerprint density at radius 2 is 2.00 bits per heavy atom. The molecule has 0 aliphatic heterocycles. The molecule has 3 aromatic rings. The van der Waals surface area contributed by atoms with Gasteiger partial charge in [-0.1, -0.05) is 38.5 Å². The van der Waals surface area contributed by atoms with E-state index in [0.717, 1.165) is 34.6 Å². The van der Waals surface area contributed by atoms with Crippen LogP contribution in [0.2, 0.25) is 0 Å². The van der Waals surface area contributed by atoms with E-state index in [2.05, 4.69) is 22.9 Å². The molecule has 1 N–H and O–H groups in total. The zero-order valence-electron chi connectivity index (χ0n) is 17.8. The number of carbonyl (C=O) groups excluding carboxylic acids is 2. The highest BCUT2D eigenvalue weighted by molar-refractivity contribution is 7.09. The molecule has 2 unspecified atom stereocenters. The molecule has 0 saturated carbocycles. The number of hydrogen-bond donors (Lipinski definition) is 1. The lowest BCUT2D eigenvalue weighted by Crippen LogP contribution is -2.35. The maximum atomic E-state index is 12.7. The van der Waals surface area contributed by atoms with Gasteiger partial charge in [0.2, 0.25) is 0 Å². The molecule has 1 aromatic carbocycles. The van der Waals surface area contributed by atoms with Gasteiger partial charge in [-0.05, 0) is 36.4 Å². The highest BCUT2D eigenvalue weighted by Crippen LogP contribution is 2.24. The average molecular weight is 428 g/mol. The summed E-state index contributed by atoms with van der Waals surface area (Å²) in [6, 6.07) is 12.0. The van der Waals surface area contributed by atoms with Crippen molar-refractivity contribution in [2.45, 2.75) is 45.6 Å². The fourth-order valence-corrected chi connectivity index (χ4v) is 4.34. The Labute approximate surface area is 181 Å². The van der Waals surface area contributed by atoms with Crippen molar-refractivity contribution in [3.63, 3.8) is 0 Å². The van der Waals surface area contributed by atoms with Crippen LogP contribution in [-0.4, -0.2) is 28.0 Å². The number of benzene rings is 1.